The van der Waals surface area contributed by atoms with Gasteiger partial charge in [0, 0.05) is 0 Å². The molecule has 0 bridgehead atoms. The van der Waals surface area contributed by atoms with E-state index < -0.39 is 0 Å². The van der Waals surface area contributed by atoms with Gasteiger partial charge in [-0.1, -0.05) is 46.4 Å². The molecule has 4 N–H and O–H groups in total. The van der Waals surface area contributed by atoms with Crippen LogP contribution in [0.3, 0.4) is 0 Å². The summed E-state index contributed by atoms with van der Waals surface area (Å²) in [5.74, 6) is 0.341. The number of benzene rings is 4. The number of aromatic hydroxyl groups is 4. The van der Waals surface area contributed by atoms with Crippen LogP contribution in [0.2, 0.25) is 20.1 Å². The van der Waals surface area contributed by atoms with Gasteiger partial charge in [-0.25, -0.2) is 0 Å². The highest BCUT2D eigenvalue weighted by Gasteiger charge is 2.12. The van der Waals surface area contributed by atoms with E-state index in [1.807, 2.05) is 52.0 Å². The molecule has 0 unspecified atom stereocenters. The predicted molar refractivity (Wildman–Crippen MR) is 149 cm³/mol. The summed E-state index contributed by atoms with van der Waals surface area (Å²) >= 11 is 23.3. The summed E-state index contributed by atoms with van der Waals surface area (Å²) in [6.07, 6.45) is 0. The van der Waals surface area contributed by atoms with Crippen molar-refractivity contribution in [2.75, 3.05) is 0 Å². The van der Waals surface area contributed by atoms with Crippen LogP contribution < -0.4 is 0 Å². The fourth-order valence-corrected chi connectivity index (χ4v) is 4.68. The van der Waals surface area contributed by atoms with Crippen molar-refractivity contribution in [3.05, 3.63) is 90.9 Å². The highest BCUT2D eigenvalue weighted by atomic mass is 35.5. The van der Waals surface area contributed by atoms with Gasteiger partial charge < -0.3 is 20.4 Å². The first-order chi connectivity index (χ1) is 16.8. The van der Waals surface area contributed by atoms with Crippen molar-refractivity contribution in [3.8, 4) is 45.3 Å². The van der Waals surface area contributed by atoms with Crippen LogP contribution in [0.4, 0.5) is 0 Å². The van der Waals surface area contributed by atoms with E-state index in [2.05, 4.69) is 0 Å². The van der Waals surface area contributed by atoms with E-state index in [1.54, 1.807) is 0 Å². The number of hydrogen-bond acceptors (Lipinski definition) is 4. The largest absolute Gasteiger partial charge is 0.507 e. The number of phenolic OH excluding ortho intramolecular Hbond substituents is 4. The lowest BCUT2D eigenvalue weighted by Gasteiger charge is -2.11. The standard InChI is InChI=1S/C16H18O2.C12H6Cl4O2/c1-9-5-13(6-10(2)15(9)17)14-7-11(3)16(18)12(4)8-14;13-7-1-5(2-8(14)11(7)17)6-3-9(15)12(18)10(16)4-6/h5-8,17-18H,1-4H3;1-4,17-18H. The van der Waals surface area contributed by atoms with Gasteiger partial charge in [-0.05, 0) is 121 Å². The van der Waals surface area contributed by atoms with E-state index in [0.29, 0.717) is 22.6 Å². The topological polar surface area (TPSA) is 80.9 Å². The van der Waals surface area contributed by atoms with Crippen LogP contribution in [0, 0.1) is 27.7 Å². The quantitative estimate of drug-likeness (QED) is 0.195. The van der Waals surface area contributed by atoms with Gasteiger partial charge in [0.15, 0.2) is 11.5 Å². The molecule has 0 aliphatic rings. The van der Waals surface area contributed by atoms with E-state index in [0.717, 1.165) is 33.4 Å². The summed E-state index contributed by atoms with van der Waals surface area (Å²) in [5.41, 5.74) is 6.87. The molecule has 0 atom stereocenters. The minimum atomic E-state index is -0.182. The minimum Gasteiger partial charge on any atom is -0.507 e. The molecule has 0 saturated carbocycles. The lowest BCUT2D eigenvalue weighted by Crippen LogP contribution is -1.88. The van der Waals surface area contributed by atoms with E-state index in [-0.39, 0.29) is 31.6 Å². The zero-order valence-corrected chi connectivity index (χ0v) is 22.9. The second-order valence-corrected chi connectivity index (χ2v) is 10.1. The summed E-state index contributed by atoms with van der Waals surface area (Å²) < 4.78 is 0. The smallest absolute Gasteiger partial charge is 0.152 e. The Balaban J connectivity index is 0.000000201. The first-order valence-electron chi connectivity index (χ1n) is 10.8. The van der Waals surface area contributed by atoms with Gasteiger partial charge in [-0.15, -0.1) is 0 Å². The Morgan fingerprint density at radius 1 is 0.361 bits per heavy atom. The molecule has 4 rings (SSSR count). The highest BCUT2D eigenvalue weighted by Crippen LogP contribution is 2.40. The average Bonchev–Trinajstić information content (AvgIpc) is 2.82. The normalized spacial score (nSPS) is 10.7. The zero-order valence-electron chi connectivity index (χ0n) is 19.9. The molecule has 188 valence electrons. The molecular weight excluding hydrogens is 542 g/mol. The Morgan fingerprint density at radius 2 is 0.556 bits per heavy atom. The van der Waals surface area contributed by atoms with Crippen molar-refractivity contribution in [1.29, 1.82) is 0 Å². The monoisotopic (exact) mass is 564 g/mol. The van der Waals surface area contributed by atoms with Crippen molar-refractivity contribution in [2.45, 2.75) is 27.7 Å². The maximum atomic E-state index is 9.79. The minimum absolute atomic E-state index is 0.123. The van der Waals surface area contributed by atoms with Gasteiger partial charge in [-0.2, -0.15) is 0 Å². The first-order valence-corrected chi connectivity index (χ1v) is 12.3. The molecule has 4 aromatic rings. The van der Waals surface area contributed by atoms with Crippen LogP contribution >= 0.6 is 46.4 Å². The van der Waals surface area contributed by atoms with Crippen molar-refractivity contribution in [1.82, 2.24) is 0 Å². The summed E-state index contributed by atoms with van der Waals surface area (Å²) in [6.45, 7) is 7.58. The first kappa shape index (κ1) is 27.8. The summed E-state index contributed by atoms with van der Waals surface area (Å²) in [4.78, 5) is 0. The van der Waals surface area contributed by atoms with Crippen molar-refractivity contribution in [3.63, 3.8) is 0 Å². The molecule has 0 heterocycles. The van der Waals surface area contributed by atoms with Crippen LogP contribution in [0.5, 0.6) is 23.0 Å². The van der Waals surface area contributed by atoms with Crippen LogP contribution in [0.15, 0.2) is 48.5 Å². The maximum Gasteiger partial charge on any atom is 0.152 e. The predicted octanol–water partition coefficient (Wildman–Crippen LogP) is 9.38. The second kappa shape index (κ2) is 11.1. The van der Waals surface area contributed by atoms with E-state index in [9.17, 15) is 20.4 Å². The maximum absolute atomic E-state index is 9.79. The molecule has 0 fully saturated rings. The molecular formula is C28H24Cl4O4. The third kappa shape index (κ3) is 5.96. The number of phenols is 4. The summed E-state index contributed by atoms with van der Waals surface area (Å²) in [5, 5.41) is 39.0. The average molecular weight is 566 g/mol. The SMILES string of the molecule is Cc1cc(-c2cc(C)c(O)c(C)c2)cc(C)c1O.Oc1c(Cl)cc(-c2cc(Cl)c(O)c(Cl)c2)cc1Cl. The molecule has 0 spiro atoms. The fraction of sp³-hybridized carbons (Fsp3) is 0.143. The van der Waals surface area contributed by atoms with Crippen molar-refractivity contribution < 1.29 is 20.4 Å². The molecule has 4 nitrogen and oxygen atoms in total. The van der Waals surface area contributed by atoms with Gasteiger partial charge in [0.2, 0.25) is 0 Å². The van der Waals surface area contributed by atoms with Crippen LogP contribution in [0.1, 0.15) is 22.3 Å². The molecule has 0 aromatic heterocycles. The van der Waals surface area contributed by atoms with Crippen molar-refractivity contribution >= 4 is 46.4 Å². The molecule has 0 saturated heterocycles. The Kier molecular flexibility index (Phi) is 8.58. The van der Waals surface area contributed by atoms with Gasteiger partial charge in [-0.3, -0.25) is 0 Å². The molecule has 36 heavy (non-hydrogen) atoms. The Labute approximate surface area is 229 Å². The molecule has 0 aliphatic carbocycles. The Hall–Kier alpha value is -2.76. The van der Waals surface area contributed by atoms with Crippen LogP contribution in [-0.4, -0.2) is 20.4 Å². The molecule has 4 aromatic carbocycles. The Morgan fingerprint density at radius 3 is 0.778 bits per heavy atom. The lowest BCUT2D eigenvalue weighted by atomic mass is 9.96. The second-order valence-electron chi connectivity index (χ2n) is 8.49. The van der Waals surface area contributed by atoms with E-state index in [1.165, 1.54) is 24.3 Å². The fourth-order valence-electron chi connectivity index (χ4n) is 3.71. The van der Waals surface area contributed by atoms with Gasteiger partial charge in [0.05, 0.1) is 20.1 Å². The third-order valence-corrected chi connectivity index (χ3v) is 6.84. The van der Waals surface area contributed by atoms with Gasteiger partial charge >= 0.3 is 0 Å². The number of hydrogen-bond donors (Lipinski definition) is 4. The third-order valence-electron chi connectivity index (χ3n) is 5.68. The van der Waals surface area contributed by atoms with Crippen molar-refractivity contribution in [2.24, 2.45) is 0 Å². The molecule has 0 aliphatic heterocycles. The molecule has 0 radical (unpaired) electrons. The Bertz CT molecular complexity index is 1150. The van der Waals surface area contributed by atoms with E-state index >= 15 is 0 Å². The highest BCUT2D eigenvalue weighted by molar-refractivity contribution is 6.38. The number of halogens is 4. The van der Waals surface area contributed by atoms with Crippen LogP contribution in [-0.2, 0) is 0 Å². The number of rotatable bonds is 2. The zero-order chi connectivity index (χ0) is 26.9. The van der Waals surface area contributed by atoms with Gasteiger partial charge in [0.1, 0.15) is 11.5 Å². The van der Waals surface area contributed by atoms with E-state index in [4.69, 9.17) is 46.4 Å². The van der Waals surface area contributed by atoms with Gasteiger partial charge in [0.25, 0.3) is 0 Å². The molecule has 0 amide bonds. The van der Waals surface area contributed by atoms with Crippen LogP contribution in [0.25, 0.3) is 22.3 Å². The number of aryl methyl sites for hydroxylation is 4. The molecule has 8 heteroatoms. The summed E-state index contributed by atoms with van der Waals surface area (Å²) in [6, 6.07) is 14.0. The summed E-state index contributed by atoms with van der Waals surface area (Å²) in [7, 11) is 0. The lowest BCUT2D eigenvalue weighted by molar-refractivity contribution is 0.466.